The third-order valence-electron chi connectivity index (χ3n) is 3.94. The van der Waals surface area contributed by atoms with Crippen molar-refractivity contribution in [3.63, 3.8) is 0 Å². The molecule has 1 unspecified atom stereocenters. The van der Waals surface area contributed by atoms with Gasteiger partial charge >= 0.3 is 0 Å². The molecule has 0 spiro atoms. The number of hydrogen-bond donors (Lipinski definition) is 0. The van der Waals surface area contributed by atoms with Gasteiger partial charge in [0.2, 0.25) is 0 Å². The second kappa shape index (κ2) is 6.71. The summed E-state index contributed by atoms with van der Waals surface area (Å²) in [5.41, 5.74) is 2.64. The smallest absolute Gasteiger partial charge is 0.134 e. The summed E-state index contributed by atoms with van der Waals surface area (Å²) in [6, 6.07) is 10.6. The SMILES string of the molecule is CN1CCCc2c(OC(CCCl)c3cccs3)cccc21. The molecule has 1 atom stereocenters. The predicted molar refractivity (Wildman–Crippen MR) is 91.1 cm³/mol. The van der Waals surface area contributed by atoms with Gasteiger partial charge in [0, 0.05) is 42.0 Å². The molecule has 1 aromatic heterocycles. The van der Waals surface area contributed by atoms with E-state index in [0.29, 0.717) is 5.88 Å². The van der Waals surface area contributed by atoms with E-state index in [1.165, 1.54) is 22.5 Å². The molecule has 1 aromatic carbocycles. The lowest BCUT2D eigenvalue weighted by molar-refractivity contribution is 0.204. The first-order chi connectivity index (χ1) is 10.3. The van der Waals surface area contributed by atoms with Gasteiger partial charge in [0.1, 0.15) is 11.9 Å². The summed E-state index contributed by atoms with van der Waals surface area (Å²) in [7, 11) is 2.15. The third kappa shape index (κ3) is 3.19. The van der Waals surface area contributed by atoms with Gasteiger partial charge in [-0.2, -0.15) is 0 Å². The zero-order chi connectivity index (χ0) is 14.7. The lowest BCUT2D eigenvalue weighted by Crippen LogP contribution is -2.25. The van der Waals surface area contributed by atoms with Crippen LogP contribution in [0.5, 0.6) is 5.75 Å². The summed E-state index contributed by atoms with van der Waals surface area (Å²) in [6.07, 6.45) is 3.17. The van der Waals surface area contributed by atoms with Gasteiger partial charge in [-0.25, -0.2) is 0 Å². The number of nitrogens with zero attached hydrogens (tertiary/aromatic N) is 1. The zero-order valence-corrected chi connectivity index (χ0v) is 13.8. The molecule has 21 heavy (non-hydrogen) atoms. The van der Waals surface area contributed by atoms with E-state index >= 15 is 0 Å². The fourth-order valence-electron chi connectivity index (χ4n) is 2.87. The molecule has 0 aliphatic carbocycles. The van der Waals surface area contributed by atoms with Crippen molar-refractivity contribution in [1.82, 2.24) is 0 Å². The van der Waals surface area contributed by atoms with Crippen LogP contribution in [0, 0.1) is 0 Å². The van der Waals surface area contributed by atoms with Gasteiger partial charge in [0.25, 0.3) is 0 Å². The molecule has 2 aromatic rings. The van der Waals surface area contributed by atoms with Crippen LogP contribution in [0.1, 0.15) is 29.4 Å². The normalized spacial score (nSPS) is 15.6. The first kappa shape index (κ1) is 14.7. The Hall–Kier alpha value is -1.19. The number of benzene rings is 1. The minimum atomic E-state index is 0.0567. The lowest BCUT2D eigenvalue weighted by atomic mass is 10.0. The average Bonchev–Trinajstić information content (AvgIpc) is 3.02. The second-order valence-corrected chi connectivity index (χ2v) is 6.74. The number of hydrogen-bond acceptors (Lipinski definition) is 3. The molecule has 1 aliphatic rings. The Labute approximate surface area is 135 Å². The quantitative estimate of drug-likeness (QED) is 0.728. The zero-order valence-electron chi connectivity index (χ0n) is 12.2. The summed E-state index contributed by atoms with van der Waals surface area (Å²) in [5, 5.41) is 2.09. The average molecular weight is 322 g/mol. The molecule has 0 radical (unpaired) electrons. The molecule has 0 bridgehead atoms. The van der Waals surface area contributed by atoms with Gasteiger partial charge in [0.05, 0.1) is 0 Å². The van der Waals surface area contributed by atoms with Gasteiger partial charge in [0.15, 0.2) is 0 Å². The number of rotatable bonds is 5. The highest BCUT2D eigenvalue weighted by Crippen LogP contribution is 2.37. The molecular formula is C17H20ClNOS. The van der Waals surface area contributed by atoms with E-state index in [-0.39, 0.29) is 6.10 Å². The predicted octanol–water partition coefficient (Wildman–Crippen LogP) is 4.88. The van der Waals surface area contributed by atoms with Gasteiger partial charge in [-0.15, -0.1) is 22.9 Å². The maximum Gasteiger partial charge on any atom is 0.134 e. The summed E-state index contributed by atoms with van der Waals surface area (Å²) >= 11 is 7.70. The number of thiophene rings is 1. The van der Waals surface area contributed by atoms with E-state index in [4.69, 9.17) is 16.3 Å². The maximum atomic E-state index is 6.35. The van der Waals surface area contributed by atoms with Crippen molar-refractivity contribution in [1.29, 1.82) is 0 Å². The molecule has 0 N–H and O–H groups in total. The monoisotopic (exact) mass is 321 g/mol. The molecule has 0 amide bonds. The van der Waals surface area contributed by atoms with Crippen molar-refractivity contribution < 1.29 is 4.74 Å². The standard InChI is InChI=1S/C17H20ClNOS/c1-19-11-3-5-13-14(19)6-2-7-15(13)20-16(9-10-18)17-8-4-12-21-17/h2,4,6-8,12,16H,3,5,9-11H2,1H3. The van der Waals surface area contributed by atoms with Crippen LogP contribution in [0.2, 0.25) is 0 Å². The molecule has 0 saturated carbocycles. The molecule has 1 aliphatic heterocycles. The Kier molecular flexibility index (Phi) is 4.71. The van der Waals surface area contributed by atoms with Crippen molar-refractivity contribution in [3.8, 4) is 5.75 Å². The highest BCUT2D eigenvalue weighted by atomic mass is 35.5. The fraction of sp³-hybridized carbons (Fsp3) is 0.412. The molecule has 4 heteroatoms. The number of fused-ring (bicyclic) bond motifs is 1. The lowest BCUT2D eigenvalue weighted by Gasteiger charge is -2.30. The van der Waals surface area contributed by atoms with Crippen LogP contribution in [-0.4, -0.2) is 19.5 Å². The van der Waals surface area contributed by atoms with Crippen molar-refractivity contribution in [3.05, 3.63) is 46.2 Å². The molecule has 0 saturated heterocycles. The summed E-state index contributed by atoms with van der Waals surface area (Å²) in [5.74, 6) is 1.62. The van der Waals surface area contributed by atoms with Crippen LogP contribution in [0.25, 0.3) is 0 Å². The highest BCUT2D eigenvalue weighted by Gasteiger charge is 2.21. The number of halogens is 1. The van der Waals surface area contributed by atoms with E-state index in [9.17, 15) is 0 Å². The fourth-order valence-corrected chi connectivity index (χ4v) is 3.86. The van der Waals surface area contributed by atoms with Crippen LogP contribution in [0.4, 0.5) is 5.69 Å². The van der Waals surface area contributed by atoms with Crippen LogP contribution >= 0.6 is 22.9 Å². The summed E-state index contributed by atoms with van der Waals surface area (Å²) in [4.78, 5) is 3.56. The number of alkyl halides is 1. The van der Waals surface area contributed by atoms with Crippen molar-refractivity contribution >= 4 is 28.6 Å². The van der Waals surface area contributed by atoms with Gasteiger partial charge in [-0.05, 0) is 36.4 Å². The Balaban J connectivity index is 1.88. The van der Waals surface area contributed by atoms with E-state index in [0.717, 1.165) is 25.1 Å². The van der Waals surface area contributed by atoms with Gasteiger partial charge in [-0.1, -0.05) is 12.1 Å². The molecule has 2 heterocycles. The highest BCUT2D eigenvalue weighted by molar-refractivity contribution is 7.10. The molecule has 0 fully saturated rings. The molecule has 2 nitrogen and oxygen atoms in total. The Bertz CT molecular complexity index is 584. The van der Waals surface area contributed by atoms with Gasteiger partial charge in [-0.3, -0.25) is 0 Å². The topological polar surface area (TPSA) is 12.5 Å². The van der Waals surface area contributed by atoms with Crippen molar-refractivity contribution in [2.75, 3.05) is 24.4 Å². The molecular weight excluding hydrogens is 302 g/mol. The van der Waals surface area contributed by atoms with Crippen LogP contribution in [-0.2, 0) is 6.42 Å². The number of ether oxygens (including phenoxy) is 1. The first-order valence-corrected chi connectivity index (χ1v) is 8.80. The summed E-state index contributed by atoms with van der Waals surface area (Å²) < 4.78 is 6.35. The second-order valence-electron chi connectivity index (χ2n) is 5.38. The molecule has 3 rings (SSSR count). The molecule has 112 valence electrons. The minimum Gasteiger partial charge on any atom is -0.484 e. The Morgan fingerprint density at radius 3 is 3.00 bits per heavy atom. The van der Waals surface area contributed by atoms with E-state index in [2.05, 4.69) is 47.7 Å². The van der Waals surface area contributed by atoms with Crippen LogP contribution in [0.15, 0.2) is 35.7 Å². The maximum absolute atomic E-state index is 6.35. The van der Waals surface area contributed by atoms with Crippen LogP contribution < -0.4 is 9.64 Å². The van der Waals surface area contributed by atoms with E-state index in [1.807, 2.05) is 0 Å². The minimum absolute atomic E-state index is 0.0567. The van der Waals surface area contributed by atoms with E-state index < -0.39 is 0 Å². The Morgan fingerprint density at radius 1 is 1.33 bits per heavy atom. The van der Waals surface area contributed by atoms with Crippen LogP contribution in [0.3, 0.4) is 0 Å². The van der Waals surface area contributed by atoms with E-state index in [1.54, 1.807) is 11.3 Å². The largest absolute Gasteiger partial charge is 0.484 e. The van der Waals surface area contributed by atoms with Crippen molar-refractivity contribution in [2.24, 2.45) is 0 Å². The Morgan fingerprint density at radius 2 is 2.24 bits per heavy atom. The first-order valence-electron chi connectivity index (χ1n) is 7.38. The third-order valence-corrected chi connectivity index (χ3v) is 5.12. The van der Waals surface area contributed by atoms with Crippen molar-refractivity contribution in [2.45, 2.75) is 25.4 Å². The number of anilines is 1. The van der Waals surface area contributed by atoms with Gasteiger partial charge < -0.3 is 9.64 Å². The summed E-state index contributed by atoms with van der Waals surface area (Å²) in [6.45, 7) is 1.12.